The second-order valence-electron chi connectivity index (χ2n) is 5.18. The van der Waals surface area contributed by atoms with E-state index in [2.05, 4.69) is 20.6 Å². The van der Waals surface area contributed by atoms with Gasteiger partial charge in [-0.15, -0.1) is 0 Å². The molecule has 0 aromatic carbocycles. The van der Waals surface area contributed by atoms with Gasteiger partial charge in [-0.1, -0.05) is 5.16 Å². The van der Waals surface area contributed by atoms with Gasteiger partial charge in [-0.2, -0.15) is 5.10 Å². The molecule has 7 heteroatoms. The highest BCUT2D eigenvalue weighted by Gasteiger charge is 2.16. The van der Waals surface area contributed by atoms with Crippen LogP contribution in [0.3, 0.4) is 0 Å². The number of carbonyl (C=O) groups is 1. The first-order chi connectivity index (χ1) is 11.1. The Kier molecular flexibility index (Phi) is 4.18. The van der Waals surface area contributed by atoms with Gasteiger partial charge in [-0.05, 0) is 31.5 Å². The normalized spacial score (nSPS) is 10.7. The third kappa shape index (κ3) is 3.28. The van der Waals surface area contributed by atoms with Crippen LogP contribution in [0.25, 0.3) is 11.1 Å². The quantitative estimate of drug-likeness (QED) is 0.778. The van der Waals surface area contributed by atoms with Crippen molar-refractivity contribution < 1.29 is 9.32 Å². The van der Waals surface area contributed by atoms with Gasteiger partial charge in [-0.3, -0.25) is 14.5 Å². The molecule has 7 nitrogen and oxygen atoms in total. The topological polar surface area (TPSA) is 85.8 Å². The minimum absolute atomic E-state index is 0.178. The molecule has 0 aliphatic rings. The number of nitrogens with one attached hydrogen (secondary N) is 1. The summed E-state index contributed by atoms with van der Waals surface area (Å²) in [7, 11) is 0. The zero-order valence-electron chi connectivity index (χ0n) is 13.0. The summed E-state index contributed by atoms with van der Waals surface area (Å²) in [4.78, 5) is 16.1. The van der Waals surface area contributed by atoms with Crippen molar-refractivity contribution in [2.75, 3.05) is 6.54 Å². The molecule has 0 aliphatic carbocycles. The van der Waals surface area contributed by atoms with Gasteiger partial charge in [0.1, 0.15) is 11.3 Å². The molecule has 0 bridgehead atoms. The number of rotatable bonds is 5. The zero-order valence-corrected chi connectivity index (χ0v) is 13.0. The highest BCUT2D eigenvalue weighted by Crippen LogP contribution is 2.16. The maximum Gasteiger partial charge on any atom is 0.256 e. The molecule has 0 saturated heterocycles. The molecule has 3 rings (SSSR count). The van der Waals surface area contributed by atoms with Gasteiger partial charge in [0.15, 0.2) is 0 Å². The van der Waals surface area contributed by atoms with E-state index < -0.39 is 0 Å². The maximum absolute atomic E-state index is 12.1. The largest absolute Gasteiger partial charge is 0.361 e. The van der Waals surface area contributed by atoms with E-state index in [1.54, 1.807) is 37.1 Å². The summed E-state index contributed by atoms with van der Waals surface area (Å²) in [6.07, 6.45) is 7.23. The van der Waals surface area contributed by atoms with E-state index in [-0.39, 0.29) is 5.91 Å². The van der Waals surface area contributed by atoms with E-state index in [0.717, 1.165) is 11.1 Å². The molecule has 1 N–H and O–H groups in total. The molecule has 3 aromatic rings. The number of aryl methyl sites for hydroxylation is 2. The van der Waals surface area contributed by atoms with Crippen molar-refractivity contribution in [3.8, 4) is 11.1 Å². The summed E-state index contributed by atoms with van der Waals surface area (Å²) in [5, 5.41) is 10.9. The molecule has 0 unspecified atom stereocenters. The molecule has 3 heterocycles. The summed E-state index contributed by atoms with van der Waals surface area (Å²) in [5.74, 6) is 0.349. The van der Waals surface area contributed by atoms with Crippen molar-refractivity contribution in [3.05, 3.63) is 53.9 Å². The minimum atomic E-state index is -0.178. The van der Waals surface area contributed by atoms with Crippen LogP contribution in [0.4, 0.5) is 0 Å². The van der Waals surface area contributed by atoms with Crippen molar-refractivity contribution in [2.24, 2.45) is 0 Å². The van der Waals surface area contributed by atoms with Crippen LogP contribution in [0.5, 0.6) is 0 Å². The van der Waals surface area contributed by atoms with Crippen LogP contribution in [-0.2, 0) is 6.54 Å². The van der Waals surface area contributed by atoms with Gasteiger partial charge in [0.25, 0.3) is 5.91 Å². The fraction of sp³-hybridized carbons (Fsp3) is 0.250. The van der Waals surface area contributed by atoms with Gasteiger partial charge in [-0.25, -0.2) is 0 Å². The van der Waals surface area contributed by atoms with Gasteiger partial charge in [0.05, 0.1) is 18.4 Å². The molecular formula is C16H17N5O2. The highest BCUT2D eigenvalue weighted by atomic mass is 16.5. The third-order valence-electron chi connectivity index (χ3n) is 3.53. The summed E-state index contributed by atoms with van der Waals surface area (Å²) >= 11 is 0. The van der Waals surface area contributed by atoms with Crippen molar-refractivity contribution in [2.45, 2.75) is 20.4 Å². The zero-order chi connectivity index (χ0) is 16.2. The molecule has 1 amide bonds. The van der Waals surface area contributed by atoms with Crippen LogP contribution in [0.15, 0.2) is 41.4 Å². The molecule has 23 heavy (non-hydrogen) atoms. The average Bonchev–Trinajstić information content (AvgIpc) is 3.15. The van der Waals surface area contributed by atoms with E-state index in [9.17, 15) is 4.79 Å². The van der Waals surface area contributed by atoms with Crippen LogP contribution >= 0.6 is 0 Å². The highest BCUT2D eigenvalue weighted by molar-refractivity contribution is 5.96. The predicted octanol–water partition coefficient (Wildman–Crippen LogP) is 1.98. The first-order valence-electron chi connectivity index (χ1n) is 7.29. The van der Waals surface area contributed by atoms with E-state index in [1.807, 2.05) is 18.3 Å². The third-order valence-corrected chi connectivity index (χ3v) is 3.53. The van der Waals surface area contributed by atoms with Crippen LogP contribution in [0.1, 0.15) is 21.8 Å². The fourth-order valence-electron chi connectivity index (χ4n) is 2.36. The molecule has 0 fully saturated rings. The number of pyridine rings is 1. The van der Waals surface area contributed by atoms with Gasteiger partial charge in [0.2, 0.25) is 0 Å². The number of nitrogens with zero attached hydrogens (tertiary/aromatic N) is 4. The lowest BCUT2D eigenvalue weighted by Gasteiger charge is -2.05. The van der Waals surface area contributed by atoms with Gasteiger partial charge < -0.3 is 9.84 Å². The summed E-state index contributed by atoms with van der Waals surface area (Å²) in [5.41, 5.74) is 3.18. The first-order valence-corrected chi connectivity index (χ1v) is 7.29. The Morgan fingerprint density at radius 3 is 2.74 bits per heavy atom. The summed E-state index contributed by atoms with van der Waals surface area (Å²) < 4.78 is 6.79. The van der Waals surface area contributed by atoms with E-state index >= 15 is 0 Å². The Morgan fingerprint density at radius 1 is 1.26 bits per heavy atom. The fourth-order valence-corrected chi connectivity index (χ4v) is 2.36. The van der Waals surface area contributed by atoms with Gasteiger partial charge >= 0.3 is 0 Å². The Morgan fingerprint density at radius 2 is 2.04 bits per heavy atom. The number of hydrogen-bond acceptors (Lipinski definition) is 5. The van der Waals surface area contributed by atoms with Crippen LogP contribution in [0, 0.1) is 13.8 Å². The molecule has 3 aromatic heterocycles. The molecule has 0 atom stereocenters. The Labute approximate surface area is 133 Å². The monoisotopic (exact) mass is 311 g/mol. The Bertz CT molecular complexity index is 788. The molecule has 0 radical (unpaired) electrons. The van der Waals surface area contributed by atoms with Crippen molar-refractivity contribution >= 4 is 5.91 Å². The van der Waals surface area contributed by atoms with E-state index in [1.165, 1.54) is 0 Å². The smallest absolute Gasteiger partial charge is 0.256 e. The lowest BCUT2D eigenvalue weighted by atomic mass is 10.1. The second kappa shape index (κ2) is 6.43. The van der Waals surface area contributed by atoms with Crippen LogP contribution in [0.2, 0.25) is 0 Å². The van der Waals surface area contributed by atoms with Crippen molar-refractivity contribution in [3.63, 3.8) is 0 Å². The minimum Gasteiger partial charge on any atom is -0.361 e. The molecule has 118 valence electrons. The van der Waals surface area contributed by atoms with Crippen molar-refractivity contribution in [1.82, 2.24) is 25.2 Å². The lowest BCUT2D eigenvalue weighted by molar-refractivity contribution is 0.0950. The SMILES string of the molecule is Cc1noc(C)c1C(=O)NCCn1cc(-c2ccncc2)cn1. The Hall–Kier alpha value is -2.96. The molecule has 0 aliphatic heterocycles. The average molecular weight is 311 g/mol. The molecule has 0 saturated carbocycles. The van der Waals surface area contributed by atoms with E-state index in [0.29, 0.717) is 30.1 Å². The van der Waals surface area contributed by atoms with Crippen LogP contribution < -0.4 is 5.32 Å². The van der Waals surface area contributed by atoms with Gasteiger partial charge in [0, 0.05) is 30.7 Å². The number of hydrogen-bond donors (Lipinski definition) is 1. The lowest BCUT2D eigenvalue weighted by Crippen LogP contribution is -2.28. The van der Waals surface area contributed by atoms with Crippen LogP contribution in [-0.4, -0.2) is 32.4 Å². The predicted molar refractivity (Wildman–Crippen MR) is 83.8 cm³/mol. The van der Waals surface area contributed by atoms with Crippen molar-refractivity contribution in [1.29, 1.82) is 0 Å². The first kappa shape index (κ1) is 15.0. The maximum atomic E-state index is 12.1. The summed E-state index contributed by atoms with van der Waals surface area (Å²) in [6.45, 7) is 4.53. The number of aromatic nitrogens is 4. The molecule has 0 spiro atoms. The Balaban J connectivity index is 1.57. The standard InChI is InChI=1S/C16H17N5O2/c1-11-15(12(2)23-20-11)16(22)18-7-8-21-10-14(9-19-21)13-3-5-17-6-4-13/h3-6,9-10H,7-8H2,1-2H3,(H,18,22). The second-order valence-corrected chi connectivity index (χ2v) is 5.18. The van der Waals surface area contributed by atoms with E-state index in [4.69, 9.17) is 4.52 Å². The molecular weight excluding hydrogens is 294 g/mol. The number of carbonyl (C=O) groups excluding carboxylic acids is 1. The summed E-state index contributed by atoms with van der Waals surface area (Å²) in [6, 6.07) is 3.86. The number of amides is 1.